The monoisotopic (exact) mass is 214 g/mol. The highest BCUT2D eigenvalue weighted by molar-refractivity contribution is 5.02. The van der Waals surface area contributed by atoms with Crippen LogP contribution in [0.5, 0.6) is 0 Å². The first-order valence-corrected chi connectivity index (χ1v) is 2.73. The van der Waals surface area contributed by atoms with Crippen molar-refractivity contribution in [3.05, 3.63) is 11.9 Å². The number of hydrogen-bond acceptors (Lipinski definition) is 0. The molecule has 0 aromatic heterocycles. The molecule has 0 amide bonds. The lowest BCUT2D eigenvalue weighted by atomic mass is 10.1. The third-order valence-electron chi connectivity index (χ3n) is 1.06. The lowest BCUT2D eigenvalue weighted by molar-refractivity contribution is -0.200. The summed E-state index contributed by atoms with van der Waals surface area (Å²) < 4.78 is 91.8. The highest BCUT2D eigenvalue weighted by Crippen LogP contribution is 2.38. The topological polar surface area (TPSA) is 0 Å². The van der Waals surface area contributed by atoms with Crippen molar-refractivity contribution in [2.75, 3.05) is 0 Å². The second kappa shape index (κ2) is 3.93. The van der Waals surface area contributed by atoms with Gasteiger partial charge in [-0.15, -0.1) is 0 Å². The number of rotatable bonds is 2. The van der Waals surface area contributed by atoms with Crippen LogP contribution in [0, 0.1) is 5.92 Å². The van der Waals surface area contributed by atoms with E-state index in [2.05, 4.69) is 0 Å². The van der Waals surface area contributed by atoms with Crippen molar-refractivity contribution in [1.29, 1.82) is 0 Å². The van der Waals surface area contributed by atoms with E-state index in [9.17, 15) is 35.1 Å². The van der Waals surface area contributed by atoms with Gasteiger partial charge < -0.3 is 0 Å². The van der Waals surface area contributed by atoms with Crippen LogP contribution >= 0.6 is 0 Å². The smallest absolute Gasteiger partial charge is 0.209 e. The zero-order chi connectivity index (χ0) is 10.8. The molecule has 0 bridgehead atoms. The van der Waals surface area contributed by atoms with Gasteiger partial charge in [-0.05, 0) is 0 Å². The van der Waals surface area contributed by atoms with Gasteiger partial charge in [0.2, 0.25) is 0 Å². The van der Waals surface area contributed by atoms with Crippen LogP contribution in [0.2, 0.25) is 0 Å². The van der Waals surface area contributed by atoms with E-state index in [-0.39, 0.29) is 0 Å². The minimum absolute atomic E-state index is 3.14. The summed E-state index contributed by atoms with van der Waals surface area (Å²) in [6.07, 6.45) is -13.4. The summed E-state index contributed by atoms with van der Waals surface area (Å²) in [6, 6.07) is 0. The summed E-state index contributed by atoms with van der Waals surface area (Å²) in [5, 5.41) is 0. The molecule has 13 heavy (non-hydrogen) atoms. The highest BCUT2D eigenvalue weighted by Gasteiger charge is 2.50. The van der Waals surface area contributed by atoms with Crippen molar-refractivity contribution >= 4 is 0 Å². The maximum atomic E-state index is 11.9. The maximum Gasteiger partial charge on any atom is 0.403 e. The van der Waals surface area contributed by atoms with E-state index >= 15 is 0 Å². The molecule has 0 rings (SSSR count). The fourth-order valence-corrected chi connectivity index (χ4v) is 0.515. The van der Waals surface area contributed by atoms with E-state index in [1.54, 1.807) is 0 Å². The molecule has 0 nitrogen and oxygen atoms in total. The van der Waals surface area contributed by atoms with Gasteiger partial charge in [-0.3, -0.25) is 0 Å². The zero-order valence-corrected chi connectivity index (χ0v) is 5.68. The Morgan fingerprint density at radius 2 is 1.31 bits per heavy atom. The minimum atomic E-state index is -5.72. The molecule has 8 heteroatoms. The molecule has 78 valence electrons. The third-order valence-corrected chi connectivity index (χ3v) is 1.06. The van der Waals surface area contributed by atoms with Crippen LogP contribution in [-0.4, -0.2) is 12.6 Å². The van der Waals surface area contributed by atoms with Crippen molar-refractivity contribution in [3.8, 4) is 0 Å². The third kappa shape index (κ3) is 3.19. The SMILES string of the molecule is FC(F)=C(F)C(C(F)F)C(F)(F)F. The average Bonchev–Trinajstić information content (AvgIpc) is 1.82. The van der Waals surface area contributed by atoms with E-state index in [0.717, 1.165) is 0 Å². The molecule has 0 aromatic carbocycles. The van der Waals surface area contributed by atoms with Gasteiger partial charge in [0.05, 0.1) is 0 Å². The van der Waals surface area contributed by atoms with Crippen LogP contribution in [-0.2, 0) is 0 Å². The molecule has 0 saturated heterocycles. The number of halogens is 8. The van der Waals surface area contributed by atoms with Crippen molar-refractivity contribution < 1.29 is 35.1 Å². The van der Waals surface area contributed by atoms with Crippen molar-refractivity contribution in [3.63, 3.8) is 0 Å². The molecule has 1 atom stereocenters. The lowest BCUT2D eigenvalue weighted by Gasteiger charge is -2.16. The molecule has 0 N–H and O–H groups in total. The maximum absolute atomic E-state index is 11.9. The lowest BCUT2D eigenvalue weighted by Crippen LogP contribution is -2.30. The molecule has 0 fully saturated rings. The van der Waals surface area contributed by atoms with E-state index in [1.807, 2.05) is 0 Å². The second-order valence-electron chi connectivity index (χ2n) is 1.96. The van der Waals surface area contributed by atoms with Crippen LogP contribution < -0.4 is 0 Å². The van der Waals surface area contributed by atoms with Gasteiger partial charge in [-0.1, -0.05) is 0 Å². The Bertz CT molecular complexity index is 197. The summed E-state index contributed by atoms with van der Waals surface area (Å²) >= 11 is 0. The largest absolute Gasteiger partial charge is 0.403 e. The van der Waals surface area contributed by atoms with Gasteiger partial charge in [0.1, 0.15) is 0 Å². The zero-order valence-electron chi connectivity index (χ0n) is 5.68. The summed E-state index contributed by atoms with van der Waals surface area (Å²) in [5.74, 6) is -7.18. The average molecular weight is 214 g/mol. The van der Waals surface area contributed by atoms with Gasteiger partial charge in [0.25, 0.3) is 6.43 Å². The molecular formula is C5H2F8. The number of alkyl halides is 5. The Kier molecular flexibility index (Phi) is 3.68. The summed E-state index contributed by atoms with van der Waals surface area (Å²) in [4.78, 5) is 0. The Balaban J connectivity index is 4.96. The molecule has 0 aliphatic rings. The van der Waals surface area contributed by atoms with Gasteiger partial charge in [0.15, 0.2) is 11.7 Å². The minimum Gasteiger partial charge on any atom is -0.209 e. The number of hydrogen-bond donors (Lipinski definition) is 0. The highest BCUT2D eigenvalue weighted by atomic mass is 19.4. The molecule has 0 spiro atoms. The van der Waals surface area contributed by atoms with Gasteiger partial charge in [-0.2, -0.15) is 22.0 Å². The summed E-state index contributed by atoms with van der Waals surface area (Å²) in [7, 11) is 0. The Morgan fingerprint density at radius 3 is 1.38 bits per heavy atom. The van der Waals surface area contributed by atoms with Crippen molar-refractivity contribution in [2.45, 2.75) is 12.6 Å². The molecule has 0 heterocycles. The Labute approximate surface area is 66.8 Å². The predicted molar refractivity (Wildman–Crippen MR) is 25.9 cm³/mol. The Hall–Kier alpha value is -0.820. The van der Waals surface area contributed by atoms with Gasteiger partial charge >= 0.3 is 12.3 Å². The molecule has 0 saturated carbocycles. The standard InChI is InChI=1S/C5H2F8/c6-2(4(9)10)1(3(7)8)5(11,12)13/h1,3H. The fourth-order valence-electron chi connectivity index (χ4n) is 0.515. The molecule has 0 aliphatic carbocycles. The summed E-state index contributed by atoms with van der Waals surface area (Å²) in [5.41, 5.74) is 0. The van der Waals surface area contributed by atoms with Crippen molar-refractivity contribution in [2.24, 2.45) is 5.92 Å². The van der Waals surface area contributed by atoms with E-state index in [0.29, 0.717) is 0 Å². The first-order valence-electron chi connectivity index (χ1n) is 2.73. The van der Waals surface area contributed by atoms with Crippen LogP contribution in [0.4, 0.5) is 35.1 Å². The second-order valence-corrected chi connectivity index (χ2v) is 1.96. The van der Waals surface area contributed by atoms with E-state index in [4.69, 9.17) is 0 Å². The van der Waals surface area contributed by atoms with Crippen LogP contribution in [0.3, 0.4) is 0 Å². The molecule has 0 radical (unpaired) electrons. The first kappa shape index (κ1) is 12.2. The van der Waals surface area contributed by atoms with Crippen LogP contribution in [0.15, 0.2) is 11.9 Å². The van der Waals surface area contributed by atoms with Gasteiger partial charge in [0, 0.05) is 0 Å². The quantitative estimate of drug-likeness (QED) is 0.617. The predicted octanol–water partition coefficient (Wildman–Crippen LogP) is 3.51. The fraction of sp³-hybridized carbons (Fsp3) is 0.600. The number of allylic oxidation sites excluding steroid dienone is 1. The Morgan fingerprint density at radius 1 is 0.923 bits per heavy atom. The van der Waals surface area contributed by atoms with E-state index < -0.39 is 30.4 Å². The molecular weight excluding hydrogens is 212 g/mol. The molecule has 0 aromatic rings. The van der Waals surface area contributed by atoms with E-state index in [1.165, 1.54) is 0 Å². The summed E-state index contributed by atoms with van der Waals surface area (Å²) in [6.45, 7) is 0. The van der Waals surface area contributed by atoms with Crippen LogP contribution in [0.25, 0.3) is 0 Å². The molecule has 0 aliphatic heterocycles. The normalized spacial score (nSPS) is 14.5. The first-order chi connectivity index (χ1) is 5.68. The van der Waals surface area contributed by atoms with Gasteiger partial charge in [-0.25, -0.2) is 13.2 Å². The van der Waals surface area contributed by atoms with Crippen molar-refractivity contribution in [1.82, 2.24) is 0 Å². The molecule has 1 unspecified atom stereocenters. The van der Waals surface area contributed by atoms with Crippen LogP contribution in [0.1, 0.15) is 0 Å².